The van der Waals surface area contributed by atoms with Crippen molar-refractivity contribution in [1.82, 2.24) is 9.55 Å². The summed E-state index contributed by atoms with van der Waals surface area (Å²) in [6.07, 6.45) is 0.344. The topological polar surface area (TPSA) is 93.9 Å². The number of rotatable bonds is 9. The number of carbonyl (C=O) groups is 2. The molecule has 0 saturated carbocycles. The number of benzene rings is 2. The van der Waals surface area contributed by atoms with Crippen LogP contribution in [0.1, 0.15) is 42.4 Å². The Bertz CT molecular complexity index is 1420. The average Bonchev–Trinajstić information content (AvgIpc) is 3.50. The minimum atomic E-state index is -0.979. The Balaban J connectivity index is 1.78. The first kappa shape index (κ1) is 25.2. The number of carbonyl (C=O) groups excluding carboxylic acids is 1. The van der Waals surface area contributed by atoms with Gasteiger partial charge in [-0.1, -0.05) is 25.1 Å². The van der Waals surface area contributed by atoms with Gasteiger partial charge in [0.2, 0.25) is 0 Å². The highest BCUT2D eigenvalue weighted by atomic mass is 32.1. The molecule has 0 radical (unpaired) electrons. The molecule has 1 N–H and O–H groups in total. The molecule has 188 valence electrons. The van der Waals surface area contributed by atoms with Crippen molar-refractivity contribution >= 4 is 39.2 Å². The molecule has 1 amide bonds. The number of fused-ring (bicyclic) bond motifs is 1. The zero-order valence-electron chi connectivity index (χ0n) is 20.9. The molecule has 9 heteroatoms. The van der Waals surface area contributed by atoms with E-state index in [1.54, 1.807) is 36.7 Å². The van der Waals surface area contributed by atoms with E-state index in [1.807, 2.05) is 55.6 Å². The molecular weight excluding hydrogens is 478 g/mol. The van der Waals surface area contributed by atoms with Crippen molar-refractivity contribution in [3.8, 4) is 22.8 Å². The second-order valence-electron chi connectivity index (χ2n) is 8.31. The van der Waals surface area contributed by atoms with Crippen molar-refractivity contribution in [2.75, 3.05) is 25.7 Å². The first-order valence-corrected chi connectivity index (χ1v) is 12.6. The fourth-order valence-corrected chi connectivity index (χ4v) is 5.30. The van der Waals surface area contributed by atoms with Gasteiger partial charge in [0.1, 0.15) is 23.2 Å². The molecule has 2 heterocycles. The molecule has 0 fully saturated rings. The van der Waals surface area contributed by atoms with Crippen LogP contribution in [0.5, 0.6) is 11.5 Å². The number of aromatic nitrogens is 2. The molecule has 0 aliphatic rings. The van der Waals surface area contributed by atoms with Gasteiger partial charge in [-0.15, -0.1) is 11.3 Å². The molecule has 0 spiro atoms. The van der Waals surface area contributed by atoms with E-state index in [0.29, 0.717) is 46.5 Å². The van der Waals surface area contributed by atoms with Crippen LogP contribution in [0.15, 0.2) is 47.8 Å². The largest absolute Gasteiger partial charge is 0.496 e. The van der Waals surface area contributed by atoms with E-state index in [0.717, 1.165) is 16.5 Å². The maximum Gasteiger partial charge on any atom is 0.326 e. The van der Waals surface area contributed by atoms with E-state index >= 15 is 0 Å². The van der Waals surface area contributed by atoms with E-state index in [1.165, 1.54) is 11.3 Å². The van der Waals surface area contributed by atoms with Crippen LogP contribution in [0.2, 0.25) is 0 Å². The molecule has 0 aliphatic heterocycles. The predicted octanol–water partition coefficient (Wildman–Crippen LogP) is 5.79. The van der Waals surface area contributed by atoms with Crippen molar-refractivity contribution in [3.05, 3.63) is 59.1 Å². The van der Waals surface area contributed by atoms with Crippen LogP contribution in [0.4, 0.5) is 5.13 Å². The van der Waals surface area contributed by atoms with Gasteiger partial charge in [0.15, 0.2) is 5.13 Å². The number of anilines is 1. The van der Waals surface area contributed by atoms with Gasteiger partial charge >= 0.3 is 5.97 Å². The van der Waals surface area contributed by atoms with E-state index in [9.17, 15) is 14.7 Å². The van der Waals surface area contributed by atoms with Crippen LogP contribution in [0.3, 0.4) is 0 Å². The zero-order chi connectivity index (χ0) is 26.0. The molecule has 0 bridgehead atoms. The van der Waals surface area contributed by atoms with Gasteiger partial charge in [-0.05, 0) is 50.1 Å². The third kappa shape index (κ3) is 4.42. The van der Waals surface area contributed by atoms with Gasteiger partial charge in [-0.2, -0.15) is 0 Å². The van der Waals surface area contributed by atoms with Gasteiger partial charge in [0.05, 0.1) is 19.9 Å². The summed E-state index contributed by atoms with van der Waals surface area (Å²) < 4.78 is 12.7. The van der Waals surface area contributed by atoms with Gasteiger partial charge in [-0.25, -0.2) is 9.78 Å². The molecule has 0 saturated heterocycles. The van der Waals surface area contributed by atoms with Gasteiger partial charge in [-0.3, -0.25) is 9.69 Å². The number of nitrogens with zero attached hydrogens (tertiary/aromatic N) is 3. The number of carboxylic acids is 1. The number of ether oxygens (including phenoxy) is 2. The number of hydrogen-bond donors (Lipinski definition) is 1. The summed E-state index contributed by atoms with van der Waals surface area (Å²) >= 11 is 1.34. The third-order valence-corrected chi connectivity index (χ3v) is 7.09. The Kier molecular flexibility index (Phi) is 7.30. The van der Waals surface area contributed by atoms with Crippen molar-refractivity contribution in [3.63, 3.8) is 0 Å². The molecule has 0 aliphatic carbocycles. The molecule has 2 aromatic heterocycles. The van der Waals surface area contributed by atoms with Crippen molar-refractivity contribution in [1.29, 1.82) is 0 Å². The van der Waals surface area contributed by atoms with Crippen molar-refractivity contribution in [2.24, 2.45) is 0 Å². The second kappa shape index (κ2) is 10.4. The Morgan fingerprint density at radius 2 is 1.83 bits per heavy atom. The third-order valence-electron chi connectivity index (χ3n) is 6.23. The minimum absolute atomic E-state index is 0.303. The Labute approximate surface area is 213 Å². The second-order valence-corrected chi connectivity index (χ2v) is 9.14. The fourth-order valence-electron chi connectivity index (χ4n) is 4.41. The van der Waals surface area contributed by atoms with E-state index in [2.05, 4.69) is 0 Å². The highest BCUT2D eigenvalue weighted by Gasteiger charge is 2.29. The SMILES string of the molecule is CCC(C(=O)O)n1c(C(=O)N(CC)c2nc(-c3cc(OC)c(C)cc3OC)cs2)cc2ccccc21. The number of hydrogen-bond acceptors (Lipinski definition) is 6. The highest BCUT2D eigenvalue weighted by molar-refractivity contribution is 7.14. The molecule has 2 aromatic carbocycles. The normalized spacial score (nSPS) is 11.9. The lowest BCUT2D eigenvalue weighted by molar-refractivity contribution is -0.140. The summed E-state index contributed by atoms with van der Waals surface area (Å²) in [5.74, 6) is 0.0927. The van der Waals surface area contributed by atoms with Crippen LogP contribution in [0, 0.1) is 6.92 Å². The van der Waals surface area contributed by atoms with Crippen molar-refractivity contribution in [2.45, 2.75) is 33.2 Å². The van der Waals surface area contributed by atoms with E-state index < -0.39 is 12.0 Å². The number of aliphatic carboxylic acids is 1. The summed E-state index contributed by atoms with van der Waals surface area (Å²) in [4.78, 5) is 32.3. The number of carboxylic acid groups (broad SMARTS) is 1. The quantitative estimate of drug-likeness (QED) is 0.308. The van der Waals surface area contributed by atoms with Crippen LogP contribution in [-0.4, -0.2) is 47.3 Å². The summed E-state index contributed by atoms with van der Waals surface area (Å²) in [7, 11) is 3.22. The molecule has 1 unspecified atom stereocenters. The number of para-hydroxylation sites is 1. The summed E-state index contributed by atoms with van der Waals surface area (Å²) in [6.45, 7) is 5.98. The lowest BCUT2D eigenvalue weighted by Gasteiger charge is -2.22. The van der Waals surface area contributed by atoms with Crippen LogP contribution < -0.4 is 14.4 Å². The monoisotopic (exact) mass is 507 g/mol. The first-order chi connectivity index (χ1) is 17.3. The molecule has 36 heavy (non-hydrogen) atoms. The predicted molar refractivity (Wildman–Crippen MR) is 142 cm³/mol. The number of methoxy groups -OCH3 is 2. The fraction of sp³-hybridized carbons (Fsp3) is 0.296. The maximum absolute atomic E-state index is 13.9. The molecule has 4 aromatic rings. The standard InChI is InChI=1S/C27H29N3O5S/c1-6-20(26(32)33)30-21-11-9-8-10-17(21)13-22(30)25(31)29(7-2)27-28-19(15-36-27)18-14-23(34-4)16(3)12-24(18)35-5/h8-15,20H,6-7H2,1-5H3,(H,32,33). The Morgan fingerprint density at radius 3 is 2.47 bits per heavy atom. The number of amides is 1. The zero-order valence-corrected chi connectivity index (χ0v) is 21.8. The van der Waals surface area contributed by atoms with Crippen LogP contribution in [0.25, 0.3) is 22.2 Å². The Morgan fingerprint density at radius 1 is 1.11 bits per heavy atom. The number of thiazole rings is 1. The summed E-state index contributed by atoms with van der Waals surface area (Å²) in [5.41, 5.74) is 3.39. The van der Waals surface area contributed by atoms with Gasteiger partial charge in [0, 0.05) is 28.4 Å². The van der Waals surface area contributed by atoms with E-state index in [-0.39, 0.29) is 5.91 Å². The van der Waals surface area contributed by atoms with Crippen molar-refractivity contribution < 1.29 is 24.2 Å². The average molecular weight is 508 g/mol. The van der Waals surface area contributed by atoms with Gasteiger partial charge < -0.3 is 19.1 Å². The molecule has 1 atom stereocenters. The van der Waals surface area contributed by atoms with Gasteiger partial charge in [0.25, 0.3) is 5.91 Å². The first-order valence-electron chi connectivity index (χ1n) is 11.7. The van der Waals surface area contributed by atoms with E-state index in [4.69, 9.17) is 14.5 Å². The summed E-state index contributed by atoms with van der Waals surface area (Å²) in [6, 6.07) is 12.1. The lowest BCUT2D eigenvalue weighted by Crippen LogP contribution is -2.33. The highest BCUT2D eigenvalue weighted by Crippen LogP contribution is 2.38. The lowest BCUT2D eigenvalue weighted by atomic mass is 10.1. The molecule has 8 nitrogen and oxygen atoms in total. The molecule has 4 rings (SSSR count). The molecular formula is C27H29N3O5S. The minimum Gasteiger partial charge on any atom is -0.496 e. The van der Waals surface area contributed by atoms with Crippen LogP contribution >= 0.6 is 11.3 Å². The Hall–Kier alpha value is -3.85. The smallest absolute Gasteiger partial charge is 0.326 e. The summed E-state index contributed by atoms with van der Waals surface area (Å²) in [5, 5.41) is 13.1. The van der Waals surface area contributed by atoms with Crippen LogP contribution in [-0.2, 0) is 4.79 Å². The maximum atomic E-state index is 13.9. The number of aryl methyl sites for hydroxylation is 1.